The number of tetrazole rings is 1. The summed E-state index contributed by atoms with van der Waals surface area (Å²) < 4.78 is 38.5. The van der Waals surface area contributed by atoms with Gasteiger partial charge in [0, 0.05) is 5.56 Å². The number of amides is 1. The van der Waals surface area contributed by atoms with E-state index in [2.05, 4.69) is 20.7 Å². The van der Waals surface area contributed by atoms with E-state index < -0.39 is 17.8 Å². The minimum atomic E-state index is -4.38. The zero-order valence-electron chi connectivity index (χ0n) is 16.7. The van der Waals surface area contributed by atoms with Gasteiger partial charge < -0.3 is 5.32 Å². The van der Waals surface area contributed by atoms with Crippen LogP contribution in [0.2, 0.25) is 0 Å². The summed E-state index contributed by atoms with van der Waals surface area (Å²) in [5.41, 5.74) is 1.21. The Labute approximate surface area is 175 Å². The molecule has 1 atom stereocenters. The monoisotopic (exact) mass is 425 g/mol. The van der Waals surface area contributed by atoms with Crippen molar-refractivity contribution in [2.75, 3.05) is 0 Å². The normalized spacial score (nSPS) is 12.7. The van der Waals surface area contributed by atoms with Gasteiger partial charge in [0.15, 0.2) is 5.82 Å². The first-order valence-electron chi connectivity index (χ1n) is 9.47. The first-order valence-corrected chi connectivity index (χ1v) is 9.47. The SMILES string of the molecule is C[C@H](NC(=O)c1ccc2c(-c3ccc(C(F)(F)F)cc3)cccc2c1)c1nnn(C)n1. The predicted molar refractivity (Wildman–Crippen MR) is 109 cm³/mol. The third-order valence-electron chi connectivity index (χ3n) is 4.92. The molecule has 1 N–H and O–H groups in total. The highest BCUT2D eigenvalue weighted by Gasteiger charge is 2.30. The summed E-state index contributed by atoms with van der Waals surface area (Å²) in [5, 5.41) is 16.2. The molecule has 0 saturated heterocycles. The Morgan fingerprint density at radius 1 is 1.06 bits per heavy atom. The zero-order chi connectivity index (χ0) is 22.2. The van der Waals surface area contributed by atoms with Gasteiger partial charge in [0.2, 0.25) is 0 Å². The van der Waals surface area contributed by atoms with Gasteiger partial charge in [-0.15, -0.1) is 10.2 Å². The molecule has 0 spiro atoms. The maximum Gasteiger partial charge on any atom is 0.416 e. The van der Waals surface area contributed by atoms with E-state index in [9.17, 15) is 18.0 Å². The Bertz CT molecular complexity index is 1250. The third-order valence-corrected chi connectivity index (χ3v) is 4.92. The number of carbonyl (C=O) groups excluding carboxylic acids is 1. The molecule has 9 heteroatoms. The summed E-state index contributed by atoms with van der Waals surface area (Å²) in [6.07, 6.45) is -4.38. The summed E-state index contributed by atoms with van der Waals surface area (Å²) in [5.74, 6) is 0.114. The largest absolute Gasteiger partial charge is 0.416 e. The van der Waals surface area contributed by atoms with Crippen LogP contribution >= 0.6 is 0 Å². The van der Waals surface area contributed by atoms with Gasteiger partial charge >= 0.3 is 6.18 Å². The van der Waals surface area contributed by atoms with Crippen molar-refractivity contribution < 1.29 is 18.0 Å². The molecule has 0 bridgehead atoms. The van der Waals surface area contributed by atoms with E-state index >= 15 is 0 Å². The molecule has 1 heterocycles. The van der Waals surface area contributed by atoms with Crippen LogP contribution in [0.15, 0.2) is 60.7 Å². The second kappa shape index (κ2) is 7.82. The maximum atomic E-state index is 12.8. The van der Waals surface area contributed by atoms with Gasteiger partial charge in [-0.2, -0.15) is 18.0 Å². The van der Waals surface area contributed by atoms with Crippen molar-refractivity contribution in [3.8, 4) is 11.1 Å². The molecule has 0 saturated carbocycles. The summed E-state index contributed by atoms with van der Waals surface area (Å²) in [7, 11) is 1.64. The molecule has 0 aliphatic heterocycles. The lowest BCUT2D eigenvalue weighted by molar-refractivity contribution is -0.137. The summed E-state index contributed by atoms with van der Waals surface area (Å²) >= 11 is 0. The van der Waals surface area contributed by atoms with Gasteiger partial charge in [0.1, 0.15) is 0 Å². The minimum absolute atomic E-state index is 0.290. The van der Waals surface area contributed by atoms with Crippen molar-refractivity contribution in [3.05, 3.63) is 77.6 Å². The average Bonchev–Trinajstić information content (AvgIpc) is 3.19. The molecular weight excluding hydrogens is 407 g/mol. The highest BCUT2D eigenvalue weighted by Crippen LogP contribution is 2.33. The van der Waals surface area contributed by atoms with E-state index in [4.69, 9.17) is 0 Å². The molecular formula is C22H18F3N5O. The molecule has 4 aromatic rings. The highest BCUT2D eigenvalue weighted by atomic mass is 19.4. The molecule has 0 aliphatic rings. The standard InChI is InChI=1S/C22H18F3N5O/c1-13(20-27-29-30(2)28-20)26-21(31)16-8-11-19-15(12-16)4-3-5-18(19)14-6-9-17(10-7-14)22(23,24)25/h3-13H,1-2H3,(H,26,31)/t13-/m0/s1. The molecule has 3 aromatic carbocycles. The smallest absolute Gasteiger partial charge is 0.342 e. The molecule has 0 radical (unpaired) electrons. The number of hydrogen-bond acceptors (Lipinski definition) is 4. The summed E-state index contributed by atoms with van der Waals surface area (Å²) in [6.45, 7) is 1.76. The van der Waals surface area contributed by atoms with Crippen molar-refractivity contribution in [2.45, 2.75) is 19.1 Å². The lowest BCUT2D eigenvalue weighted by atomic mass is 9.96. The Morgan fingerprint density at radius 2 is 1.81 bits per heavy atom. The fraction of sp³-hybridized carbons (Fsp3) is 0.182. The Balaban J connectivity index is 1.61. The highest BCUT2D eigenvalue weighted by molar-refractivity contribution is 6.02. The quantitative estimate of drug-likeness (QED) is 0.521. The summed E-state index contributed by atoms with van der Waals surface area (Å²) in [4.78, 5) is 14.0. The number of benzene rings is 3. The van der Waals surface area contributed by atoms with Gasteiger partial charge in [-0.3, -0.25) is 4.79 Å². The van der Waals surface area contributed by atoms with Crippen LogP contribution < -0.4 is 5.32 Å². The number of aromatic nitrogens is 4. The van der Waals surface area contributed by atoms with E-state index in [-0.39, 0.29) is 5.91 Å². The van der Waals surface area contributed by atoms with E-state index in [1.807, 2.05) is 18.2 Å². The van der Waals surface area contributed by atoms with Gasteiger partial charge in [-0.25, -0.2) is 0 Å². The average molecular weight is 425 g/mol. The van der Waals surface area contributed by atoms with Gasteiger partial charge in [0.05, 0.1) is 18.7 Å². The van der Waals surface area contributed by atoms with E-state index in [0.29, 0.717) is 17.0 Å². The summed E-state index contributed by atoms with van der Waals surface area (Å²) in [6, 6.07) is 15.3. The molecule has 0 aliphatic carbocycles. The van der Waals surface area contributed by atoms with Crippen LogP contribution in [0.1, 0.15) is 34.7 Å². The number of hydrogen-bond donors (Lipinski definition) is 1. The van der Waals surface area contributed by atoms with Crippen molar-refractivity contribution >= 4 is 16.7 Å². The fourth-order valence-electron chi connectivity index (χ4n) is 3.33. The topological polar surface area (TPSA) is 72.7 Å². The lowest BCUT2D eigenvalue weighted by Crippen LogP contribution is -2.27. The number of fused-ring (bicyclic) bond motifs is 1. The predicted octanol–water partition coefficient (Wildman–Crippen LogP) is 4.54. The van der Waals surface area contributed by atoms with Crippen LogP contribution in [-0.4, -0.2) is 26.1 Å². The molecule has 0 unspecified atom stereocenters. The molecule has 6 nitrogen and oxygen atoms in total. The fourth-order valence-corrected chi connectivity index (χ4v) is 3.33. The van der Waals surface area contributed by atoms with E-state index in [1.165, 1.54) is 16.9 Å². The van der Waals surface area contributed by atoms with Gasteiger partial charge in [-0.05, 0) is 58.3 Å². The van der Waals surface area contributed by atoms with Crippen molar-refractivity contribution in [3.63, 3.8) is 0 Å². The van der Waals surface area contributed by atoms with Crippen molar-refractivity contribution in [2.24, 2.45) is 7.05 Å². The number of rotatable bonds is 4. The second-order valence-electron chi connectivity index (χ2n) is 7.15. The molecule has 4 rings (SSSR count). The number of halogens is 3. The minimum Gasteiger partial charge on any atom is -0.342 e. The van der Waals surface area contributed by atoms with Crippen molar-refractivity contribution in [1.82, 2.24) is 25.5 Å². The number of nitrogens with one attached hydrogen (secondary N) is 1. The lowest BCUT2D eigenvalue weighted by Gasteiger charge is -2.12. The molecule has 1 aromatic heterocycles. The van der Waals surface area contributed by atoms with Crippen LogP contribution in [-0.2, 0) is 13.2 Å². The second-order valence-corrected chi connectivity index (χ2v) is 7.15. The molecule has 1 amide bonds. The molecule has 31 heavy (non-hydrogen) atoms. The van der Waals surface area contributed by atoms with Crippen LogP contribution in [0.3, 0.4) is 0 Å². The molecule has 158 valence electrons. The van der Waals surface area contributed by atoms with Gasteiger partial charge in [0.25, 0.3) is 5.91 Å². The van der Waals surface area contributed by atoms with E-state index in [1.54, 1.807) is 32.2 Å². The number of alkyl halides is 3. The molecule has 0 fully saturated rings. The van der Waals surface area contributed by atoms with Crippen molar-refractivity contribution in [1.29, 1.82) is 0 Å². The third kappa shape index (κ3) is 4.25. The number of carbonyl (C=O) groups is 1. The van der Waals surface area contributed by atoms with Crippen LogP contribution in [0.5, 0.6) is 0 Å². The zero-order valence-corrected chi connectivity index (χ0v) is 16.7. The first kappa shape index (κ1) is 20.5. The first-order chi connectivity index (χ1) is 14.7. The van der Waals surface area contributed by atoms with Crippen LogP contribution in [0.25, 0.3) is 21.9 Å². The van der Waals surface area contributed by atoms with E-state index in [0.717, 1.165) is 28.5 Å². The Kier molecular flexibility index (Phi) is 5.18. The van der Waals surface area contributed by atoms with Crippen LogP contribution in [0, 0.1) is 0 Å². The number of aryl methyl sites for hydroxylation is 1. The van der Waals surface area contributed by atoms with Crippen LogP contribution in [0.4, 0.5) is 13.2 Å². The Morgan fingerprint density at radius 3 is 2.45 bits per heavy atom. The number of nitrogens with zero attached hydrogens (tertiary/aromatic N) is 4. The maximum absolute atomic E-state index is 12.8. The van der Waals surface area contributed by atoms with Gasteiger partial charge in [-0.1, -0.05) is 36.4 Å². The Hall–Kier alpha value is -3.75.